The number of thioether (sulfide) groups is 1. The Balaban J connectivity index is 1.95. The normalized spacial score (nSPS) is 36.0. The van der Waals surface area contributed by atoms with Crippen molar-refractivity contribution in [2.75, 3.05) is 0 Å². The van der Waals surface area contributed by atoms with E-state index in [0.717, 1.165) is 12.8 Å². The molecule has 20 heavy (non-hydrogen) atoms. The Hall–Kier alpha value is -0.0700. The molecule has 0 spiro atoms. The summed E-state index contributed by atoms with van der Waals surface area (Å²) < 4.78 is 1.22. The second-order valence-corrected chi connectivity index (χ2v) is 8.49. The summed E-state index contributed by atoms with van der Waals surface area (Å²) in [5, 5.41) is 10.9. The Morgan fingerprint density at radius 2 is 2.05 bits per heavy atom. The van der Waals surface area contributed by atoms with Crippen LogP contribution in [0.5, 0.6) is 0 Å². The monoisotopic (exact) mass is 402 g/mol. The molecular formula is C16H19IO2S. The molecular weight excluding hydrogens is 383 g/mol. The van der Waals surface area contributed by atoms with Crippen molar-refractivity contribution in [1.29, 1.82) is 0 Å². The first kappa shape index (κ1) is 14.9. The summed E-state index contributed by atoms with van der Waals surface area (Å²) in [5.74, 6) is 0.581. The van der Waals surface area contributed by atoms with Crippen molar-refractivity contribution in [3.63, 3.8) is 0 Å². The molecule has 2 nitrogen and oxygen atoms in total. The highest BCUT2D eigenvalue weighted by Crippen LogP contribution is 2.53. The summed E-state index contributed by atoms with van der Waals surface area (Å²) in [5.41, 5.74) is 1.27. The lowest BCUT2D eigenvalue weighted by molar-refractivity contribution is -0.123. The molecule has 0 amide bonds. The zero-order chi connectivity index (χ0) is 14.3. The first-order valence-corrected chi connectivity index (χ1v) is 9.24. The van der Waals surface area contributed by atoms with E-state index in [4.69, 9.17) is 0 Å². The molecule has 2 aliphatic rings. The lowest BCUT2D eigenvalue weighted by atomic mass is 9.78. The maximum absolute atomic E-state index is 12.4. The van der Waals surface area contributed by atoms with Gasteiger partial charge in [0.15, 0.2) is 0 Å². The van der Waals surface area contributed by atoms with E-state index in [1.807, 2.05) is 18.7 Å². The Morgan fingerprint density at radius 1 is 1.35 bits per heavy atom. The highest BCUT2D eigenvalue weighted by molar-refractivity contribution is 14.1. The highest BCUT2D eigenvalue weighted by Gasteiger charge is 2.50. The number of Topliss-reactive ketones (excluding diaryl/α,β-unsaturated/α-hetero) is 1. The Morgan fingerprint density at radius 3 is 2.70 bits per heavy atom. The number of carbonyl (C=O) groups excluding carboxylic acids is 1. The summed E-state index contributed by atoms with van der Waals surface area (Å²) in [6.07, 6.45) is 2.14. The molecule has 1 N–H and O–H groups in total. The van der Waals surface area contributed by atoms with Gasteiger partial charge in [0.25, 0.3) is 0 Å². The second-order valence-electron chi connectivity index (χ2n) is 5.77. The van der Waals surface area contributed by atoms with Crippen LogP contribution in [0.25, 0.3) is 0 Å². The van der Waals surface area contributed by atoms with E-state index in [2.05, 4.69) is 46.9 Å². The standard InChI is InChI=1S/C16H19IO2S/c1-2-13(18)15-12(9-3-5-10(17)6-4-9)7-11-8-14(19)16(15)20-11/h3-6,11-12,14-16,19H,2,7-8H2,1H3/t11?,12-,14?,15+,16-/m0/s1. The van der Waals surface area contributed by atoms with E-state index < -0.39 is 0 Å². The third kappa shape index (κ3) is 2.66. The lowest BCUT2D eigenvalue weighted by Crippen LogP contribution is -2.37. The van der Waals surface area contributed by atoms with Gasteiger partial charge in [0.05, 0.1) is 6.10 Å². The number of fused-ring (bicyclic) bond motifs is 2. The molecule has 3 rings (SSSR count). The number of halogens is 1. The Bertz CT molecular complexity index is 502. The van der Waals surface area contributed by atoms with Gasteiger partial charge in [0.2, 0.25) is 0 Å². The molecule has 2 fully saturated rings. The smallest absolute Gasteiger partial charge is 0.137 e. The van der Waals surface area contributed by atoms with Gasteiger partial charge < -0.3 is 5.11 Å². The predicted molar refractivity (Wildman–Crippen MR) is 91.1 cm³/mol. The van der Waals surface area contributed by atoms with Gasteiger partial charge in [-0.05, 0) is 59.0 Å². The zero-order valence-corrected chi connectivity index (χ0v) is 14.4. The topological polar surface area (TPSA) is 37.3 Å². The van der Waals surface area contributed by atoms with Gasteiger partial charge in [0, 0.05) is 26.4 Å². The maximum Gasteiger partial charge on any atom is 0.137 e. The molecule has 0 radical (unpaired) electrons. The SMILES string of the molecule is CCC(=O)[C@H]1[C@H](c2ccc(I)cc2)CC2CC(O)[C@@H]1S2. The first-order valence-electron chi connectivity index (χ1n) is 7.22. The maximum atomic E-state index is 12.4. The van der Waals surface area contributed by atoms with Crippen molar-refractivity contribution in [3.05, 3.63) is 33.4 Å². The molecule has 2 aliphatic heterocycles. The van der Waals surface area contributed by atoms with Crippen LogP contribution in [0.2, 0.25) is 0 Å². The Labute approximate surface area is 137 Å². The number of hydrogen-bond acceptors (Lipinski definition) is 3. The molecule has 5 atom stereocenters. The summed E-state index contributed by atoms with van der Waals surface area (Å²) in [4.78, 5) is 12.4. The number of carbonyl (C=O) groups is 1. The van der Waals surface area contributed by atoms with Crippen LogP contribution >= 0.6 is 34.4 Å². The van der Waals surface area contributed by atoms with Crippen molar-refractivity contribution < 1.29 is 9.90 Å². The molecule has 2 unspecified atom stereocenters. The van der Waals surface area contributed by atoms with Gasteiger partial charge in [-0.1, -0.05) is 19.1 Å². The number of aliphatic hydroxyl groups excluding tert-OH is 1. The van der Waals surface area contributed by atoms with Crippen LogP contribution in [0.15, 0.2) is 24.3 Å². The van der Waals surface area contributed by atoms with E-state index in [1.54, 1.807) is 0 Å². The van der Waals surface area contributed by atoms with Gasteiger partial charge >= 0.3 is 0 Å². The van der Waals surface area contributed by atoms with Crippen molar-refractivity contribution >= 4 is 40.1 Å². The predicted octanol–water partition coefficient (Wildman–Crippen LogP) is 3.61. The quantitative estimate of drug-likeness (QED) is 0.786. The zero-order valence-electron chi connectivity index (χ0n) is 11.5. The highest BCUT2D eigenvalue weighted by atomic mass is 127. The van der Waals surface area contributed by atoms with Crippen LogP contribution in [0.3, 0.4) is 0 Å². The average molecular weight is 402 g/mol. The van der Waals surface area contributed by atoms with E-state index in [9.17, 15) is 9.90 Å². The second kappa shape index (κ2) is 5.97. The van der Waals surface area contributed by atoms with Crippen LogP contribution in [0, 0.1) is 9.49 Å². The van der Waals surface area contributed by atoms with Crippen molar-refractivity contribution in [3.8, 4) is 0 Å². The number of rotatable bonds is 3. The van der Waals surface area contributed by atoms with E-state index in [1.165, 1.54) is 9.13 Å². The number of ketones is 1. The molecule has 108 valence electrons. The largest absolute Gasteiger partial charge is 0.392 e. The van der Waals surface area contributed by atoms with E-state index in [0.29, 0.717) is 17.5 Å². The summed E-state index contributed by atoms with van der Waals surface area (Å²) >= 11 is 4.15. The fourth-order valence-electron chi connectivity index (χ4n) is 3.60. The van der Waals surface area contributed by atoms with E-state index in [-0.39, 0.29) is 23.2 Å². The first-order chi connectivity index (χ1) is 9.60. The van der Waals surface area contributed by atoms with Gasteiger partial charge in [-0.25, -0.2) is 0 Å². The minimum Gasteiger partial charge on any atom is -0.392 e. The average Bonchev–Trinajstić information content (AvgIpc) is 2.74. The van der Waals surface area contributed by atoms with Crippen LogP contribution in [0.1, 0.15) is 37.7 Å². The summed E-state index contributed by atoms with van der Waals surface area (Å²) in [6.45, 7) is 1.94. The fourth-order valence-corrected chi connectivity index (χ4v) is 5.84. The minimum absolute atomic E-state index is 0.0150. The lowest BCUT2D eigenvalue weighted by Gasteiger charge is -2.36. The molecule has 0 aliphatic carbocycles. The molecule has 2 heterocycles. The number of aliphatic hydroxyl groups is 1. The summed E-state index contributed by atoms with van der Waals surface area (Å²) in [6, 6.07) is 8.54. The molecule has 2 bridgehead atoms. The third-order valence-electron chi connectivity index (χ3n) is 4.56. The Kier molecular flexibility index (Phi) is 4.43. The molecule has 2 saturated heterocycles. The summed E-state index contributed by atoms with van der Waals surface area (Å²) in [7, 11) is 0. The third-order valence-corrected chi connectivity index (χ3v) is 6.97. The molecule has 0 aromatic heterocycles. The van der Waals surface area contributed by atoms with Gasteiger partial charge in [-0.15, -0.1) is 0 Å². The van der Waals surface area contributed by atoms with Crippen LogP contribution < -0.4 is 0 Å². The van der Waals surface area contributed by atoms with Crippen molar-refractivity contribution in [2.45, 2.75) is 48.7 Å². The van der Waals surface area contributed by atoms with Gasteiger partial charge in [-0.3, -0.25) is 4.79 Å². The van der Waals surface area contributed by atoms with Gasteiger partial charge in [0.1, 0.15) is 5.78 Å². The number of benzene rings is 1. The molecule has 4 heteroatoms. The van der Waals surface area contributed by atoms with Crippen molar-refractivity contribution in [2.24, 2.45) is 5.92 Å². The van der Waals surface area contributed by atoms with E-state index >= 15 is 0 Å². The number of hydrogen-bond donors (Lipinski definition) is 1. The minimum atomic E-state index is -0.306. The van der Waals surface area contributed by atoms with Crippen LogP contribution in [0.4, 0.5) is 0 Å². The van der Waals surface area contributed by atoms with Crippen LogP contribution in [-0.2, 0) is 4.79 Å². The van der Waals surface area contributed by atoms with Crippen molar-refractivity contribution in [1.82, 2.24) is 0 Å². The molecule has 1 aromatic carbocycles. The van der Waals surface area contributed by atoms with Gasteiger partial charge in [-0.2, -0.15) is 11.8 Å². The fraction of sp³-hybridized carbons (Fsp3) is 0.562. The molecule has 0 saturated carbocycles. The van der Waals surface area contributed by atoms with Crippen LogP contribution in [-0.4, -0.2) is 27.5 Å². The molecule has 1 aromatic rings.